The van der Waals surface area contributed by atoms with Gasteiger partial charge in [0.15, 0.2) is 0 Å². The Bertz CT molecular complexity index is 384. The van der Waals surface area contributed by atoms with Crippen molar-refractivity contribution in [3.05, 3.63) is 30.3 Å². The zero-order chi connectivity index (χ0) is 14.8. The number of hydrogen-bond donors (Lipinski definition) is 1. The highest BCUT2D eigenvalue weighted by Crippen LogP contribution is 2.09. The fourth-order valence-corrected chi connectivity index (χ4v) is 1.63. The molecule has 0 spiro atoms. The quantitative estimate of drug-likeness (QED) is 0.587. The molecule has 0 aliphatic carbocycles. The number of carbonyl (C=O) groups excluding carboxylic acids is 1. The van der Waals surface area contributed by atoms with Crippen molar-refractivity contribution in [2.45, 2.75) is 39.2 Å². The van der Waals surface area contributed by atoms with E-state index >= 15 is 0 Å². The predicted octanol–water partition coefficient (Wildman–Crippen LogP) is 2.78. The highest BCUT2D eigenvalue weighted by molar-refractivity contribution is 5.69. The first-order chi connectivity index (χ1) is 9.47. The van der Waals surface area contributed by atoms with E-state index in [0.717, 1.165) is 25.3 Å². The zero-order valence-corrected chi connectivity index (χ0v) is 12.6. The number of ether oxygens (including phenoxy) is 2. The van der Waals surface area contributed by atoms with Gasteiger partial charge in [-0.3, -0.25) is 4.79 Å². The van der Waals surface area contributed by atoms with Gasteiger partial charge in [-0.15, -0.1) is 0 Å². The normalized spacial score (nSPS) is 11.2. The van der Waals surface area contributed by atoms with Crippen LogP contribution in [0, 0.1) is 0 Å². The third-order valence-electron chi connectivity index (χ3n) is 2.45. The predicted molar refractivity (Wildman–Crippen MR) is 79.9 cm³/mol. The van der Waals surface area contributed by atoms with Crippen LogP contribution in [0.5, 0.6) is 5.75 Å². The minimum Gasteiger partial charge on any atom is -0.492 e. The Hall–Kier alpha value is -1.55. The molecule has 1 aromatic rings. The number of benzene rings is 1. The molecular formula is C16H25NO3. The minimum atomic E-state index is -0.395. The average Bonchev–Trinajstić information content (AvgIpc) is 2.37. The van der Waals surface area contributed by atoms with E-state index in [4.69, 9.17) is 9.47 Å². The second-order valence-electron chi connectivity index (χ2n) is 5.60. The van der Waals surface area contributed by atoms with Crippen LogP contribution in [-0.2, 0) is 9.53 Å². The Morgan fingerprint density at radius 3 is 2.50 bits per heavy atom. The fourth-order valence-electron chi connectivity index (χ4n) is 1.63. The summed E-state index contributed by atoms with van der Waals surface area (Å²) in [6.07, 6.45) is 1.23. The molecule has 0 aliphatic rings. The summed E-state index contributed by atoms with van der Waals surface area (Å²) in [6.45, 7) is 7.81. The van der Waals surface area contributed by atoms with Gasteiger partial charge in [-0.05, 0) is 45.9 Å². The molecule has 4 nitrogen and oxygen atoms in total. The van der Waals surface area contributed by atoms with Crippen LogP contribution in [0.1, 0.15) is 33.6 Å². The molecule has 0 saturated heterocycles. The standard InChI is InChI=1S/C16H25NO3/c1-16(2,3)20-15(18)10-7-11-17-12-13-19-14-8-5-4-6-9-14/h4-6,8-9,17H,7,10-13H2,1-3H3. The molecule has 0 radical (unpaired) electrons. The number of para-hydroxylation sites is 1. The van der Waals surface area contributed by atoms with E-state index in [1.54, 1.807) is 0 Å². The summed E-state index contributed by atoms with van der Waals surface area (Å²) in [5.74, 6) is 0.739. The van der Waals surface area contributed by atoms with Crippen LogP contribution in [-0.4, -0.2) is 31.3 Å². The molecule has 0 amide bonds. The van der Waals surface area contributed by atoms with Gasteiger partial charge in [0.2, 0.25) is 0 Å². The Balaban J connectivity index is 1.96. The third-order valence-corrected chi connectivity index (χ3v) is 2.45. The van der Waals surface area contributed by atoms with Gasteiger partial charge in [-0.1, -0.05) is 18.2 Å². The molecule has 1 N–H and O–H groups in total. The molecule has 0 fully saturated rings. The summed E-state index contributed by atoms with van der Waals surface area (Å²) in [4.78, 5) is 11.5. The Kier molecular flexibility index (Phi) is 7.09. The van der Waals surface area contributed by atoms with E-state index in [1.807, 2.05) is 51.1 Å². The highest BCUT2D eigenvalue weighted by Gasteiger charge is 2.15. The van der Waals surface area contributed by atoms with Gasteiger partial charge in [-0.25, -0.2) is 0 Å². The molecule has 4 heteroatoms. The van der Waals surface area contributed by atoms with Crippen LogP contribution < -0.4 is 10.1 Å². The second kappa shape index (κ2) is 8.59. The number of hydrogen-bond acceptors (Lipinski definition) is 4. The van der Waals surface area contributed by atoms with E-state index in [-0.39, 0.29) is 5.97 Å². The van der Waals surface area contributed by atoms with Crippen LogP contribution in [0.4, 0.5) is 0 Å². The van der Waals surface area contributed by atoms with Crippen molar-refractivity contribution < 1.29 is 14.3 Å². The second-order valence-corrected chi connectivity index (χ2v) is 5.60. The molecule has 0 unspecified atom stereocenters. The molecular weight excluding hydrogens is 254 g/mol. The van der Waals surface area contributed by atoms with Crippen molar-refractivity contribution in [2.75, 3.05) is 19.7 Å². The van der Waals surface area contributed by atoms with E-state index in [0.29, 0.717) is 13.0 Å². The highest BCUT2D eigenvalue weighted by atomic mass is 16.6. The number of esters is 1. The molecule has 1 rings (SSSR count). The van der Waals surface area contributed by atoms with Crippen LogP contribution in [0.3, 0.4) is 0 Å². The lowest BCUT2D eigenvalue weighted by Gasteiger charge is -2.19. The van der Waals surface area contributed by atoms with Crippen molar-refractivity contribution in [1.82, 2.24) is 5.32 Å². The van der Waals surface area contributed by atoms with Crippen molar-refractivity contribution in [3.63, 3.8) is 0 Å². The van der Waals surface area contributed by atoms with E-state index in [2.05, 4.69) is 5.32 Å². The van der Waals surface area contributed by atoms with Gasteiger partial charge < -0.3 is 14.8 Å². The summed E-state index contributed by atoms with van der Waals surface area (Å²) >= 11 is 0. The monoisotopic (exact) mass is 279 g/mol. The number of nitrogens with one attached hydrogen (secondary N) is 1. The van der Waals surface area contributed by atoms with E-state index < -0.39 is 5.60 Å². The van der Waals surface area contributed by atoms with Crippen LogP contribution >= 0.6 is 0 Å². The molecule has 0 bridgehead atoms. The number of rotatable bonds is 8. The van der Waals surface area contributed by atoms with Gasteiger partial charge in [0, 0.05) is 13.0 Å². The molecule has 0 aliphatic heterocycles. The maximum Gasteiger partial charge on any atom is 0.306 e. The molecule has 0 saturated carbocycles. The summed E-state index contributed by atoms with van der Waals surface area (Å²) in [5.41, 5.74) is -0.395. The zero-order valence-electron chi connectivity index (χ0n) is 12.6. The first-order valence-electron chi connectivity index (χ1n) is 7.08. The lowest BCUT2D eigenvalue weighted by molar-refractivity contribution is -0.154. The molecule has 0 heterocycles. The maximum absolute atomic E-state index is 11.5. The minimum absolute atomic E-state index is 0.139. The topological polar surface area (TPSA) is 47.6 Å². The Morgan fingerprint density at radius 1 is 1.15 bits per heavy atom. The largest absolute Gasteiger partial charge is 0.492 e. The van der Waals surface area contributed by atoms with E-state index in [9.17, 15) is 4.79 Å². The van der Waals surface area contributed by atoms with Gasteiger partial charge in [-0.2, -0.15) is 0 Å². The summed E-state index contributed by atoms with van der Waals surface area (Å²) in [7, 11) is 0. The van der Waals surface area contributed by atoms with Gasteiger partial charge in [0.05, 0.1) is 0 Å². The Labute approximate surface area is 121 Å². The van der Waals surface area contributed by atoms with Crippen LogP contribution in [0.25, 0.3) is 0 Å². The van der Waals surface area contributed by atoms with Crippen molar-refractivity contribution in [1.29, 1.82) is 0 Å². The molecule has 1 aromatic carbocycles. The summed E-state index contributed by atoms with van der Waals surface area (Å²) in [6, 6.07) is 9.72. The lowest BCUT2D eigenvalue weighted by atomic mass is 10.2. The smallest absolute Gasteiger partial charge is 0.306 e. The molecule has 112 valence electrons. The first kappa shape index (κ1) is 16.5. The van der Waals surface area contributed by atoms with E-state index in [1.165, 1.54) is 0 Å². The van der Waals surface area contributed by atoms with Gasteiger partial charge >= 0.3 is 5.97 Å². The van der Waals surface area contributed by atoms with Crippen LogP contribution in [0.2, 0.25) is 0 Å². The Morgan fingerprint density at radius 2 is 1.85 bits per heavy atom. The maximum atomic E-state index is 11.5. The van der Waals surface area contributed by atoms with Crippen molar-refractivity contribution in [3.8, 4) is 5.75 Å². The summed E-state index contributed by atoms with van der Waals surface area (Å²) < 4.78 is 10.8. The van der Waals surface area contributed by atoms with Gasteiger partial charge in [0.25, 0.3) is 0 Å². The fraction of sp³-hybridized carbons (Fsp3) is 0.562. The lowest BCUT2D eigenvalue weighted by Crippen LogP contribution is -2.25. The number of carbonyl (C=O) groups is 1. The third kappa shape index (κ3) is 8.53. The molecule has 0 atom stereocenters. The average molecular weight is 279 g/mol. The van der Waals surface area contributed by atoms with Crippen molar-refractivity contribution >= 4 is 5.97 Å². The SMILES string of the molecule is CC(C)(C)OC(=O)CCCNCCOc1ccccc1. The van der Waals surface area contributed by atoms with Gasteiger partial charge in [0.1, 0.15) is 18.0 Å². The molecule has 0 aromatic heterocycles. The first-order valence-corrected chi connectivity index (χ1v) is 7.08. The van der Waals surface area contributed by atoms with Crippen molar-refractivity contribution in [2.24, 2.45) is 0 Å². The van der Waals surface area contributed by atoms with Crippen LogP contribution in [0.15, 0.2) is 30.3 Å². The molecule has 20 heavy (non-hydrogen) atoms. The summed E-state index contributed by atoms with van der Waals surface area (Å²) in [5, 5.41) is 3.24.